The Morgan fingerprint density at radius 3 is 2.18 bits per heavy atom. The fraction of sp³-hybridized carbons (Fsp3) is 0.514. The Hall–Kier alpha value is -4.17. The first-order chi connectivity index (χ1) is 23.5. The predicted molar refractivity (Wildman–Crippen MR) is 188 cm³/mol. The summed E-state index contributed by atoms with van der Waals surface area (Å²) < 4.78 is 0. The fourth-order valence-electron chi connectivity index (χ4n) is 6.08. The van der Waals surface area contributed by atoms with Gasteiger partial charge in [-0.15, -0.1) is 22.7 Å². The molecule has 0 saturated carbocycles. The molecule has 1 aromatic carbocycles. The summed E-state index contributed by atoms with van der Waals surface area (Å²) in [5.41, 5.74) is 1.47. The van der Waals surface area contributed by atoms with Crippen molar-refractivity contribution in [1.82, 2.24) is 35.7 Å². The minimum Gasteiger partial charge on any atom is -0.351 e. The van der Waals surface area contributed by atoms with Crippen molar-refractivity contribution < 1.29 is 24.0 Å². The molecule has 4 heterocycles. The highest BCUT2D eigenvalue weighted by molar-refractivity contribution is 7.10. The minimum atomic E-state index is -0.535. The van der Waals surface area contributed by atoms with Gasteiger partial charge in [-0.3, -0.25) is 24.0 Å². The van der Waals surface area contributed by atoms with Crippen molar-refractivity contribution in [2.45, 2.75) is 65.5 Å². The Labute approximate surface area is 295 Å². The van der Waals surface area contributed by atoms with Crippen molar-refractivity contribution >= 4 is 52.2 Å². The predicted octanol–water partition coefficient (Wildman–Crippen LogP) is 3.98. The van der Waals surface area contributed by atoms with E-state index in [4.69, 9.17) is 0 Å². The monoisotopic (exact) mass is 707 g/mol. The number of hydrogen-bond donors (Lipinski definition) is 3. The number of benzene rings is 1. The van der Waals surface area contributed by atoms with Gasteiger partial charge in [0.1, 0.15) is 21.4 Å². The van der Waals surface area contributed by atoms with Gasteiger partial charge in [0.2, 0.25) is 17.7 Å². The third-order valence-corrected chi connectivity index (χ3v) is 10.7. The molecular formula is C35H45N7O5S2. The first kappa shape index (κ1) is 36.1. The normalized spacial score (nSPS) is 20.2. The molecule has 5 rings (SSSR count). The van der Waals surface area contributed by atoms with Crippen LogP contribution in [-0.2, 0) is 20.8 Å². The second-order valence-electron chi connectivity index (χ2n) is 13.3. The number of carbonyl (C=O) groups is 5. The van der Waals surface area contributed by atoms with Gasteiger partial charge < -0.3 is 25.8 Å². The molecular weight excluding hydrogens is 663 g/mol. The van der Waals surface area contributed by atoms with E-state index >= 15 is 0 Å². The lowest BCUT2D eigenvalue weighted by atomic mass is 9.94. The van der Waals surface area contributed by atoms with Crippen LogP contribution in [0.15, 0.2) is 41.1 Å². The number of nitrogens with one attached hydrogen (secondary N) is 3. The van der Waals surface area contributed by atoms with Gasteiger partial charge in [-0.25, -0.2) is 9.97 Å². The quantitative estimate of drug-likeness (QED) is 0.363. The minimum absolute atomic E-state index is 0.00482. The van der Waals surface area contributed by atoms with Gasteiger partial charge in [-0.2, -0.15) is 0 Å². The maximum absolute atomic E-state index is 13.9. The maximum atomic E-state index is 13.9. The molecule has 3 N–H and O–H groups in total. The summed E-state index contributed by atoms with van der Waals surface area (Å²) in [7, 11) is 0. The smallest absolute Gasteiger partial charge is 0.271 e. The van der Waals surface area contributed by atoms with Crippen LogP contribution in [0.4, 0.5) is 0 Å². The van der Waals surface area contributed by atoms with Gasteiger partial charge >= 0.3 is 0 Å². The summed E-state index contributed by atoms with van der Waals surface area (Å²) >= 11 is 2.61. The average molecular weight is 708 g/mol. The highest BCUT2D eigenvalue weighted by Gasteiger charge is 2.32. The van der Waals surface area contributed by atoms with E-state index in [9.17, 15) is 24.0 Å². The van der Waals surface area contributed by atoms with Crippen LogP contribution in [-0.4, -0.2) is 82.0 Å². The molecule has 1 saturated heterocycles. The van der Waals surface area contributed by atoms with E-state index in [1.165, 1.54) is 22.7 Å². The molecule has 2 aliphatic rings. The van der Waals surface area contributed by atoms with Gasteiger partial charge in [0, 0.05) is 48.8 Å². The largest absolute Gasteiger partial charge is 0.351 e. The van der Waals surface area contributed by atoms with Crippen LogP contribution in [0.2, 0.25) is 0 Å². The number of rotatable bonds is 5. The summed E-state index contributed by atoms with van der Waals surface area (Å²) in [6.07, 6.45) is 1.92. The molecule has 5 amide bonds. The lowest BCUT2D eigenvalue weighted by Crippen LogP contribution is -2.48. The Morgan fingerprint density at radius 1 is 0.857 bits per heavy atom. The number of hydrogen-bond acceptors (Lipinski definition) is 9. The first-order valence-electron chi connectivity index (χ1n) is 16.9. The van der Waals surface area contributed by atoms with Crippen LogP contribution < -0.4 is 16.0 Å². The second kappa shape index (κ2) is 16.5. The third kappa shape index (κ3) is 9.30. The molecule has 0 unspecified atom stereocenters. The van der Waals surface area contributed by atoms with E-state index in [0.29, 0.717) is 48.8 Å². The highest BCUT2D eigenvalue weighted by Crippen LogP contribution is 2.28. The third-order valence-electron chi connectivity index (χ3n) is 8.83. The van der Waals surface area contributed by atoms with E-state index in [0.717, 1.165) is 5.56 Å². The number of amides is 5. The van der Waals surface area contributed by atoms with Crippen molar-refractivity contribution in [2.75, 3.05) is 32.7 Å². The molecule has 3 aromatic rings. The van der Waals surface area contributed by atoms with Crippen molar-refractivity contribution in [3.05, 3.63) is 68.1 Å². The van der Waals surface area contributed by atoms with Crippen molar-refractivity contribution in [2.24, 2.45) is 17.8 Å². The van der Waals surface area contributed by atoms with Gasteiger partial charge in [0.15, 0.2) is 0 Å². The van der Waals surface area contributed by atoms with Crippen LogP contribution >= 0.6 is 22.7 Å². The van der Waals surface area contributed by atoms with Crippen LogP contribution in [0.5, 0.6) is 0 Å². The summed E-state index contributed by atoms with van der Waals surface area (Å²) in [5, 5.41) is 13.6. The number of piperidine rings is 1. The van der Waals surface area contributed by atoms with E-state index in [1.54, 1.807) is 15.7 Å². The molecule has 0 spiro atoms. The van der Waals surface area contributed by atoms with E-state index in [1.807, 2.05) is 62.9 Å². The molecule has 2 aliphatic heterocycles. The second-order valence-corrected chi connectivity index (χ2v) is 15.0. The number of carbonyl (C=O) groups excluding carboxylic acids is 5. The number of thiazole rings is 2. The van der Waals surface area contributed by atoms with Gasteiger partial charge in [0.25, 0.3) is 11.8 Å². The molecule has 0 radical (unpaired) electrons. The molecule has 2 aromatic heterocycles. The summed E-state index contributed by atoms with van der Waals surface area (Å²) in [4.78, 5) is 79.2. The molecule has 4 bridgehead atoms. The number of nitrogens with zero attached hydrogens (tertiary/aromatic N) is 4. The Balaban J connectivity index is 1.41. The average Bonchev–Trinajstić information content (AvgIpc) is 3.79. The van der Waals surface area contributed by atoms with Crippen LogP contribution in [0.25, 0.3) is 0 Å². The van der Waals surface area contributed by atoms with Crippen LogP contribution in [0, 0.1) is 17.8 Å². The Bertz CT molecular complexity index is 1630. The molecule has 0 aliphatic carbocycles. The molecule has 2 atom stereocenters. The molecule has 12 nitrogen and oxygen atoms in total. The zero-order valence-corrected chi connectivity index (χ0v) is 30.1. The molecule has 262 valence electrons. The Morgan fingerprint density at radius 2 is 1.51 bits per heavy atom. The topological polar surface area (TPSA) is 154 Å². The zero-order chi connectivity index (χ0) is 35.1. The van der Waals surface area contributed by atoms with Crippen LogP contribution in [0.3, 0.4) is 0 Å². The van der Waals surface area contributed by atoms with Gasteiger partial charge in [-0.1, -0.05) is 58.0 Å². The zero-order valence-electron chi connectivity index (χ0n) is 28.4. The maximum Gasteiger partial charge on any atom is 0.271 e. The lowest BCUT2D eigenvalue weighted by Gasteiger charge is -2.35. The fourth-order valence-corrected chi connectivity index (χ4v) is 7.95. The van der Waals surface area contributed by atoms with E-state index in [2.05, 4.69) is 25.9 Å². The Kier molecular flexibility index (Phi) is 12.2. The van der Waals surface area contributed by atoms with Crippen molar-refractivity contribution in [3.8, 4) is 0 Å². The molecule has 1 fully saturated rings. The lowest BCUT2D eigenvalue weighted by molar-refractivity contribution is -0.143. The van der Waals surface area contributed by atoms with Crippen molar-refractivity contribution in [1.29, 1.82) is 0 Å². The summed E-state index contributed by atoms with van der Waals surface area (Å²) in [6.45, 7) is 9.05. The van der Waals surface area contributed by atoms with E-state index in [-0.39, 0.29) is 78.3 Å². The highest BCUT2D eigenvalue weighted by atomic mass is 32.1. The first-order valence-corrected chi connectivity index (χ1v) is 18.7. The summed E-state index contributed by atoms with van der Waals surface area (Å²) in [5.74, 6) is -1.56. The molecule has 49 heavy (non-hydrogen) atoms. The SMILES string of the molecule is CC(C)C(=O)N1CCC(C(=O)N2CCCNC(=O)c3csc(n3)[C@H](C(C)C)NC(=O)c3csc(n3)[C@H](Cc3ccccc3)NC(=O)C2)CC1. The standard InChI is InChI=1S/C35H45N7O5S2/c1-21(2)29-33-39-26(19-49-33)30(44)36-13-8-14-42(35(47)24-11-15-41(16-12-24)34(46)22(3)4)18-28(43)37-25(17-23-9-6-5-7-10-23)32-38-27(20-48-32)31(45)40-29/h5-7,9-10,19-22,24-25,29H,8,11-18H2,1-4H3,(H,36,44)(H,37,43)(H,40,45)/t25-,29-/m0/s1. The molecule has 14 heteroatoms. The van der Waals surface area contributed by atoms with Gasteiger partial charge in [0.05, 0.1) is 18.6 Å². The van der Waals surface area contributed by atoms with E-state index < -0.39 is 12.1 Å². The van der Waals surface area contributed by atoms with Gasteiger partial charge in [-0.05, 0) is 37.2 Å². The van der Waals surface area contributed by atoms with Crippen LogP contribution in [0.1, 0.15) is 95.6 Å². The van der Waals surface area contributed by atoms with Crippen molar-refractivity contribution in [3.63, 3.8) is 0 Å². The number of likely N-dealkylation sites (tertiary alicyclic amines) is 1. The summed E-state index contributed by atoms with van der Waals surface area (Å²) in [6, 6.07) is 8.75. The number of fused-ring (bicyclic) bond motifs is 4. The number of aromatic nitrogens is 2.